The molecule has 0 aromatic heterocycles. The number of carbonyl (C=O) groups is 2. The predicted octanol–water partition coefficient (Wildman–Crippen LogP) is 4.58. The predicted molar refractivity (Wildman–Crippen MR) is 116 cm³/mol. The number of benzene rings is 2. The molecule has 2 amide bonds. The number of hydrogen-bond acceptors (Lipinski definition) is 3. The Hall–Kier alpha value is -2.73. The van der Waals surface area contributed by atoms with Gasteiger partial charge in [0, 0.05) is 11.4 Å². The summed E-state index contributed by atoms with van der Waals surface area (Å²) in [5.74, 6) is -0.236. The van der Waals surface area contributed by atoms with Crippen LogP contribution in [-0.2, 0) is 9.59 Å². The molecule has 6 heteroatoms. The molecule has 2 N–H and O–H groups in total. The number of nitrogens with one attached hydrogen (secondary N) is 2. The van der Waals surface area contributed by atoms with Gasteiger partial charge < -0.3 is 10.6 Å². The summed E-state index contributed by atoms with van der Waals surface area (Å²) in [5.41, 5.74) is 3.58. The Morgan fingerprint density at radius 2 is 1.34 bits per heavy atom. The Kier molecular flexibility index (Phi) is 7.91. The molecule has 0 aliphatic heterocycles. The minimum absolute atomic E-state index is 0.0493. The van der Waals surface area contributed by atoms with Crippen molar-refractivity contribution in [1.29, 1.82) is 0 Å². The lowest BCUT2D eigenvalue weighted by molar-refractivity contribution is -0.119. The largest absolute Gasteiger partial charge is 0.325 e. The van der Waals surface area contributed by atoms with Gasteiger partial charge in [0.15, 0.2) is 0 Å². The van der Waals surface area contributed by atoms with Gasteiger partial charge in [0.2, 0.25) is 11.8 Å². The second-order valence-corrected chi connectivity index (χ2v) is 7.90. The fourth-order valence-corrected chi connectivity index (χ4v) is 3.15. The van der Waals surface area contributed by atoms with Crippen LogP contribution in [0.1, 0.15) is 50.7 Å². The molecule has 0 atom stereocenters. The number of hydrogen-bond donors (Lipinski definition) is 2. The summed E-state index contributed by atoms with van der Waals surface area (Å²) < 4.78 is 12.9. The molecule has 0 saturated heterocycles. The van der Waals surface area contributed by atoms with Crippen LogP contribution in [0.3, 0.4) is 0 Å². The molecule has 156 valence electrons. The average molecular weight is 400 g/mol. The van der Waals surface area contributed by atoms with Crippen molar-refractivity contribution < 1.29 is 14.0 Å². The molecule has 29 heavy (non-hydrogen) atoms. The third-order valence-corrected chi connectivity index (χ3v) is 4.59. The highest BCUT2D eigenvalue weighted by Crippen LogP contribution is 2.32. The van der Waals surface area contributed by atoms with Gasteiger partial charge in [-0.15, -0.1) is 0 Å². The molecule has 0 heterocycles. The Morgan fingerprint density at radius 1 is 0.862 bits per heavy atom. The van der Waals surface area contributed by atoms with Gasteiger partial charge in [0.05, 0.1) is 13.1 Å². The first-order valence-corrected chi connectivity index (χ1v) is 9.84. The summed E-state index contributed by atoms with van der Waals surface area (Å²) in [6, 6.07) is 11.6. The van der Waals surface area contributed by atoms with Crippen LogP contribution in [-0.4, -0.2) is 36.9 Å². The summed E-state index contributed by atoms with van der Waals surface area (Å²) in [6.45, 7) is 8.53. The molecule has 0 fully saturated rings. The zero-order valence-corrected chi connectivity index (χ0v) is 17.8. The summed E-state index contributed by atoms with van der Waals surface area (Å²) in [7, 11) is 1.71. The van der Waals surface area contributed by atoms with Gasteiger partial charge in [-0.05, 0) is 54.3 Å². The summed E-state index contributed by atoms with van der Waals surface area (Å²) >= 11 is 0. The van der Waals surface area contributed by atoms with E-state index in [0.29, 0.717) is 5.69 Å². The number of para-hydroxylation sites is 1. The first kappa shape index (κ1) is 22.6. The second-order valence-electron chi connectivity index (χ2n) is 7.90. The van der Waals surface area contributed by atoms with E-state index in [1.807, 2.05) is 18.2 Å². The maximum absolute atomic E-state index is 12.9. The minimum atomic E-state index is -0.362. The maximum atomic E-state index is 12.9. The molecule has 2 rings (SSSR count). The fraction of sp³-hybridized carbons (Fsp3) is 0.391. The van der Waals surface area contributed by atoms with Crippen LogP contribution >= 0.6 is 0 Å². The van der Waals surface area contributed by atoms with Crippen LogP contribution in [0.4, 0.5) is 15.8 Å². The number of likely N-dealkylation sites (N-methyl/N-ethyl adjacent to an activating group) is 1. The lowest BCUT2D eigenvalue weighted by Gasteiger charge is -2.21. The molecule has 0 spiro atoms. The Balaban J connectivity index is 1.98. The monoisotopic (exact) mass is 399 g/mol. The van der Waals surface area contributed by atoms with Crippen LogP contribution in [0.5, 0.6) is 0 Å². The van der Waals surface area contributed by atoms with Crippen molar-refractivity contribution >= 4 is 23.2 Å². The van der Waals surface area contributed by atoms with Crippen molar-refractivity contribution in [1.82, 2.24) is 4.90 Å². The number of anilines is 2. The highest BCUT2D eigenvalue weighted by atomic mass is 19.1. The standard InChI is InChI=1S/C23H30FN3O2/c1-15(2)19-7-6-8-20(16(3)4)23(19)26-22(29)14-27(5)13-21(28)25-18-11-9-17(24)10-12-18/h6-12,15-16H,13-14H2,1-5H3,(H,25,28)(H,26,29). The Bertz CT molecular complexity index is 821. The van der Waals surface area contributed by atoms with E-state index in [9.17, 15) is 14.0 Å². The lowest BCUT2D eigenvalue weighted by atomic mass is 9.92. The molecular weight excluding hydrogens is 369 g/mol. The van der Waals surface area contributed by atoms with Crippen LogP contribution in [0.2, 0.25) is 0 Å². The normalized spacial score (nSPS) is 11.2. The smallest absolute Gasteiger partial charge is 0.238 e. The van der Waals surface area contributed by atoms with Crippen LogP contribution in [0.15, 0.2) is 42.5 Å². The molecule has 0 unspecified atom stereocenters. The van der Waals surface area contributed by atoms with Crippen LogP contribution in [0, 0.1) is 5.82 Å². The maximum Gasteiger partial charge on any atom is 0.238 e. The summed E-state index contributed by atoms with van der Waals surface area (Å²) in [4.78, 5) is 26.4. The topological polar surface area (TPSA) is 61.4 Å². The quantitative estimate of drug-likeness (QED) is 0.683. The Morgan fingerprint density at radius 3 is 1.83 bits per heavy atom. The van der Waals surface area contributed by atoms with E-state index in [4.69, 9.17) is 0 Å². The number of nitrogens with zero attached hydrogens (tertiary/aromatic N) is 1. The minimum Gasteiger partial charge on any atom is -0.325 e. The van der Waals surface area contributed by atoms with Crippen molar-refractivity contribution in [3.8, 4) is 0 Å². The highest BCUT2D eigenvalue weighted by molar-refractivity contribution is 5.95. The third-order valence-electron chi connectivity index (χ3n) is 4.59. The van der Waals surface area contributed by atoms with Gasteiger partial charge in [-0.25, -0.2) is 4.39 Å². The van der Waals surface area contributed by atoms with Crippen molar-refractivity contribution in [2.24, 2.45) is 0 Å². The number of amides is 2. The molecule has 0 saturated carbocycles. The first-order chi connectivity index (χ1) is 13.7. The lowest BCUT2D eigenvalue weighted by Crippen LogP contribution is -2.36. The molecule has 0 bridgehead atoms. The van der Waals surface area contributed by atoms with E-state index in [1.54, 1.807) is 11.9 Å². The van der Waals surface area contributed by atoms with Gasteiger partial charge >= 0.3 is 0 Å². The zero-order valence-electron chi connectivity index (χ0n) is 17.8. The number of halogens is 1. The van der Waals surface area contributed by atoms with Crippen LogP contribution < -0.4 is 10.6 Å². The second kappa shape index (κ2) is 10.2. The average Bonchev–Trinajstić information content (AvgIpc) is 2.63. The number of rotatable bonds is 8. The third kappa shape index (κ3) is 6.68. The molecule has 5 nitrogen and oxygen atoms in total. The van der Waals surface area contributed by atoms with Gasteiger partial charge in [-0.3, -0.25) is 14.5 Å². The molecule has 0 aliphatic carbocycles. The number of carbonyl (C=O) groups excluding carboxylic acids is 2. The van der Waals surface area contributed by atoms with E-state index >= 15 is 0 Å². The van der Waals surface area contributed by atoms with E-state index in [2.05, 4.69) is 38.3 Å². The van der Waals surface area contributed by atoms with E-state index < -0.39 is 0 Å². The van der Waals surface area contributed by atoms with Crippen molar-refractivity contribution in [2.75, 3.05) is 30.8 Å². The molecule has 2 aromatic carbocycles. The van der Waals surface area contributed by atoms with Gasteiger partial charge in [-0.2, -0.15) is 0 Å². The van der Waals surface area contributed by atoms with Crippen molar-refractivity contribution in [2.45, 2.75) is 39.5 Å². The first-order valence-electron chi connectivity index (χ1n) is 9.84. The van der Waals surface area contributed by atoms with Crippen LogP contribution in [0.25, 0.3) is 0 Å². The Labute approximate surface area is 172 Å². The van der Waals surface area contributed by atoms with Gasteiger partial charge in [0.1, 0.15) is 5.82 Å². The van der Waals surface area contributed by atoms with Gasteiger partial charge in [-0.1, -0.05) is 45.9 Å². The van der Waals surface area contributed by atoms with Crippen molar-refractivity contribution in [3.05, 3.63) is 59.4 Å². The molecule has 2 aromatic rings. The zero-order chi connectivity index (χ0) is 21.6. The SMILES string of the molecule is CC(C)c1cccc(C(C)C)c1NC(=O)CN(C)CC(=O)Nc1ccc(F)cc1. The summed E-state index contributed by atoms with van der Waals surface area (Å²) in [5, 5.41) is 5.74. The molecular formula is C23H30FN3O2. The van der Waals surface area contributed by atoms with Gasteiger partial charge in [0.25, 0.3) is 0 Å². The molecule has 0 aliphatic rings. The summed E-state index contributed by atoms with van der Waals surface area (Å²) in [6.07, 6.45) is 0. The van der Waals surface area contributed by atoms with E-state index in [0.717, 1.165) is 16.8 Å². The fourth-order valence-electron chi connectivity index (χ4n) is 3.15. The highest BCUT2D eigenvalue weighted by Gasteiger charge is 2.17. The van der Waals surface area contributed by atoms with E-state index in [1.165, 1.54) is 24.3 Å². The molecule has 0 radical (unpaired) electrons. The van der Waals surface area contributed by atoms with E-state index in [-0.39, 0.29) is 42.6 Å². The van der Waals surface area contributed by atoms with Crippen molar-refractivity contribution in [3.63, 3.8) is 0 Å².